The third-order valence-corrected chi connectivity index (χ3v) is 2.45. The minimum absolute atomic E-state index is 0.463. The summed E-state index contributed by atoms with van der Waals surface area (Å²) in [5, 5.41) is 12.0. The fourth-order valence-corrected chi connectivity index (χ4v) is 1.58. The number of ether oxygens (including phenoxy) is 1. The molecule has 1 aromatic carbocycles. The normalized spacial score (nSPS) is 9.63. The average molecular weight is 254 g/mol. The van der Waals surface area contributed by atoms with Crippen molar-refractivity contribution in [2.45, 2.75) is 0 Å². The number of nitrogen functional groups attached to an aromatic ring is 1. The number of anilines is 2. The van der Waals surface area contributed by atoms with Crippen LogP contribution in [-0.2, 0) is 0 Å². The van der Waals surface area contributed by atoms with E-state index < -0.39 is 0 Å². The fraction of sp³-hybridized carbons (Fsp3) is 0.143. The molecule has 3 N–H and O–H groups in total. The second-order valence-corrected chi connectivity index (χ2v) is 3.86. The van der Waals surface area contributed by atoms with E-state index >= 15 is 0 Å². The summed E-state index contributed by atoms with van der Waals surface area (Å²) in [7, 11) is 0. The van der Waals surface area contributed by atoms with Gasteiger partial charge in [-0.25, -0.2) is 4.98 Å². The molecule has 5 heteroatoms. The van der Waals surface area contributed by atoms with Crippen molar-refractivity contribution in [1.29, 1.82) is 5.26 Å². The van der Waals surface area contributed by atoms with Gasteiger partial charge in [0.15, 0.2) is 0 Å². The van der Waals surface area contributed by atoms with Gasteiger partial charge in [-0.1, -0.05) is 6.07 Å². The largest absolute Gasteiger partial charge is 0.492 e. The van der Waals surface area contributed by atoms with Crippen molar-refractivity contribution in [3.05, 3.63) is 48.2 Å². The molecule has 0 bridgehead atoms. The van der Waals surface area contributed by atoms with Crippen molar-refractivity contribution in [3.8, 4) is 11.8 Å². The Hall–Kier alpha value is -2.74. The van der Waals surface area contributed by atoms with Crippen LogP contribution >= 0.6 is 0 Å². The fourth-order valence-electron chi connectivity index (χ4n) is 1.58. The Labute approximate surface area is 111 Å². The van der Waals surface area contributed by atoms with Crippen LogP contribution in [0.3, 0.4) is 0 Å². The van der Waals surface area contributed by atoms with Gasteiger partial charge in [0.05, 0.1) is 12.1 Å². The molecule has 2 aromatic rings. The van der Waals surface area contributed by atoms with Gasteiger partial charge in [0.25, 0.3) is 0 Å². The Morgan fingerprint density at radius 1 is 1.32 bits per heavy atom. The van der Waals surface area contributed by atoms with Gasteiger partial charge in [0, 0.05) is 18.0 Å². The van der Waals surface area contributed by atoms with Crippen LogP contribution in [0.5, 0.6) is 5.75 Å². The summed E-state index contributed by atoms with van der Waals surface area (Å²) in [4.78, 5) is 4.10. The summed E-state index contributed by atoms with van der Waals surface area (Å²) in [5.74, 6) is 1.30. The summed E-state index contributed by atoms with van der Waals surface area (Å²) in [6, 6.07) is 12.8. The molecule has 2 rings (SSSR count). The molecule has 96 valence electrons. The van der Waals surface area contributed by atoms with Crippen molar-refractivity contribution in [3.63, 3.8) is 0 Å². The number of aromatic nitrogens is 1. The van der Waals surface area contributed by atoms with Crippen molar-refractivity contribution >= 4 is 11.5 Å². The minimum atomic E-state index is 0.463. The highest BCUT2D eigenvalue weighted by atomic mass is 16.5. The summed E-state index contributed by atoms with van der Waals surface area (Å²) in [6.07, 6.45) is 1.64. The monoisotopic (exact) mass is 254 g/mol. The standard InChI is InChI=1S/C14H14N4O/c15-10-11-3-2-6-17-14(11)18-7-8-19-13-5-1-4-12(16)9-13/h1-6,9H,7-8,16H2,(H,17,18). The number of rotatable bonds is 5. The van der Waals surface area contributed by atoms with E-state index in [9.17, 15) is 0 Å². The van der Waals surface area contributed by atoms with E-state index in [1.807, 2.05) is 12.1 Å². The Morgan fingerprint density at radius 2 is 2.21 bits per heavy atom. The highest BCUT2D eigenvalue weighted by molar-refractivity contribution is 5.51. The number of pyridine rings is 1. The molecule has 5 nitrogen and oxygen atoms in total. The van der Waals surface area contributed by atoms with Gasteiger partial charge in [-0.2, -0.15) is 5.26 Å². The van der Waals surface area contributed by atoms with Crippen molar-refractivity contribution < 1.29 is 4.74 Å². The lowest BCUT2D eigenvalue weighted by Crippen LogP contribution is -2.13. The Balaban J connectivity index is 1.83. The molecule has 0 amide bonds. The first-order valence-electron chi connectivity index (χ1n) is 5.87. The second-order valence-electron chi connectivity index (χ2n) is 3.86. The topological polar surface area (TPSA) is 84.0 Å². The maximum atomic E-state index is 8.91. The average Bonchev–Trinajstić information content (AvgIpc) is 2.44. The zero-order chi connectivity index (χ0) is 13.5. The maximum Gasteiger partial charge on any atom is 0.144 e. The zero-order valence-corrected chi connectivity index (χ0v) is 10.3. The smallest absolute Gasteiger partial charge is 0.144 e. The lowest BCUT2D eigenvalue weighted by atomic mass is 10.3. The molecule has 0 radical (unpaired) electrons. The molecular weight excluding hydrogens is 240 g/mol. The van der Waals surface area contributed by atoms with Crippen LogP contribution in [-0.4, -0.2) is 18.1 Å². The first-order valence-corrected chi connectivity index (χ1v) is 5.87. The van der Waals surface area contributed by atoms with Gasteiger partial charge in [-0.05, 0) is 24.3 Å². The molecule has 0 saturated carbocycles. The van der Waals surface area contributed by atoms with Crippen molar-refractivity contribution in [1.82, 2.24) is 4.98 Å². The van der Waals surface area contributed by atoms with E-state index in [1.54, 1.807) is 30.5 Å². The summed E-state index contributed by atoms with van der Waals surface area (Å²) in [6.45, 7) is 1.02. The number of nitrogens with two attached hydrogens (primary N) is 1. The van der Waals surface area contributed by atoms with Gasteiger partial charge in [0.2, 0.25) is 0 Å². The van der Waals surface area contributed by atoms with Crippen molar-refractivity contribution in [2.24, 2.45) is 0 Å². The zero-order valence-electron chi connectivity index (χ0n) is 10.3. The predicted octanol–water partition coefficient (Wildman–Crippen LogP) is 2.03. The van der Waals surface area contributed by atoms with E-state index in [0.717, 1.165) is 5.75 Å². The first kappa shape index (κ1) is 12.7. The Bertz CT molecular complexity index is 592. The van der Waals surface area contributed by atoms with Crippen LogP contribution in [0.25, 0.3) is 0 Å². The lowest BCUT2D eigenvalue weighted by Gasteiger charge is -2.09. The number of nitrogens with one attached hydrogen (secondary N) is 1. The van der Waals surface area contributed by atoms with Crippen LogP contribution in [0.4, 0.5) is 11.5 Å². The Kier molecular flexibility index (Phi) is 4.19. The quantitative estimate of drug-likeness (QED) is 0.630. The van der Waals surface area contributed by atoms with Crippen LogP contribution in [0, 0.1) is 11.3 Å². The third kappa shape index (κ3) is 3.61. The first-order chi connectivity index (χ1) is 9.29. The van der Waals surface area contributed by atoms with E-state index in [-0.39, 0.29) is 0 Å². The highest BCUT2D eigenvalue weighted by Gasteiger charge is 2.01. The van der Waals surface area contributed by atoms with E-state index in [0.29, 0.717) is 30.2 Å². The number of hydrogen-bond acceptors (Lipinski definition) is 5. The predicted molar refractivity (Wildman–Crippen MR) is 73.8 cm³/mol. The molecule has 0 aliphatic carbocycles. The van der Waals surface area contributed by atoms with Crippen LogP contribution in [0.2, 0.25) is 0 Å². The molecule has 0 aliphatic rings. The molecule has 0 aliphatic heterocycles. The molecule has 19 heavy (non-hydrogen) atoms. The van der Waals surface area contributed by atoms with E-state index in [2.05, 4.69) is 16.4 Å². The number of benzene rings is 1. The number of nitrogens with zero attached hydrogens (tertiary/aromatic N) is 2. The van der Waals surface area contributed by atoms with E-state index in [1.165, 1.54) is 0 Å². The third-order valence-electron chi connectivity index (χ3n) is 2.45. The van der Waals surface area contributed by atoms with E-state index in [4.69, 9.17) is 15.7 Å². The van der Waals surface area contributed by atoms with Gasteiger partial charge in [-0.3, -0.25) is 0 Å². The van der Waals surface area contributed by atoms with Crippen LogP contribution < -0.4 is 15.8 Å². The summed E-state index contributed by atoms with van der Waals surface area (Å²) >= 11 is 0. The van der Waals surface area contributed by atoms with Crippen LogP contribution in [0.1, 0.15) is 5.56 Å². The highest BCUT2D eigenvalue weighted by Crippen LogP contribution is 2.14. The van der Waals surface area contributed by atoms with Gasteiger partial charge in [0.1, 0.15) is 24.2 Å². The van der Waals surface area contributed by atoms with Gasteiger partial charge in [-0.15, -0.1) is 0 Å². The second kappa shape index (κ2) is 6.26. The van der Waals surface area contributed by atoms with Gasteiger partial charge < -0.3 is 15.8 Å². The molecule has 1 aromatic heterocycles. The van der Waals surface area contributed by atoms with Crippen LogP contribution in [0.15, 0.2) is 42.6 Å². The molecule has 1 heterocycles. The Morgan fingerprint density at radius 3 is 3.00 bits per heavy atom. The molecule has 0 unspecified atom stereocenters. The molecule has 0 spiro atoms. The SMILES string of the molecule is N#Cc1cccnc1NCCOc1cccc(N)c1. The molecular formula is C14H14N4O. The lowest BCUT2D eigenvalue weighted by molar-refractivity contribution is 0.333. The maximum absolute atomic E-state index is 8.91. The molecule has 0 atom stereocenters. The molecule has 0 saturated heterocycles. The number of nitriles is 1. The van der Waals surface area contributed by atoms with Gasteiger partial charge >= 0.3 is 0 Å². The number of hydrogen-bond donors (Lipinski definition) is 2. The van der Waals surface area contributed by atoms with Crippen molar-refractivity contribution in [2.75, 3.05) is 24.2 Å². The molecule has 0 fully saturated rings. The minimum Gasteiger partial charge on any atom is -0.492 e. The summed E-state index contributed by atoms with van der Waals surface area (Å²) < 4.78 is 5.53. The summed E-state index contributed by atoms with van der Waals surface area (Å²) in [5.41, 5.74) is 6.84.